The zero-order chi connectivity index (χ0) is 7.84. The first-order valence-corrected chi connectivity index (χ1v) is 4.05. The molecule has 0 N–H and O–H groups in total. The third-order valence-corrected chi connectivity index (χ3v) is 2.17. The molecule has 0 saturated heterocycles. The summed E-state index contributed by atoms with van der Waals surface area (Å²) in [4.78, 5) is 0. The first-order valence-electron chi connectivity index (χ1n) is 3.25. The predicted octanol–water partition coefficient (Wildman–Crippen LogP) is 1.80. The molecule has 2 heterocycles. The van der Waals surface area contributed by atoms with E-state index in [9.17, 15) is 0 Å². The Morgan fingerprint density at radius 3 is 3.00 bits per heavy atom. The molecule has 0 atom stereocenters. The molecule has 2 aromatic rings. The van der Waals surface area contributed by atoms with Gasteiger partial charge in [0, 0.05) is 0 Å². The molecule has 0 bridgehead atoms. The average Bonchev–Trinajstić information content (AvgIpc) is 2.35. The number of nitrogens with zero attached hydrogens (tertiary/aromatic N) is 3. The maximum Gasteiger partial charge on any atom is 0.110 e. The van der Waals surface area contributed by atoms with E-state index < -0.39 is 0 Å². The Hall–Kier alpha value is -0.900. The first kappa shape index (κ1) is 6.79. The van der Waals surface area contributed by atoms with Crippen LogP contribution in [0.4, 0.5) is 0 Å². The molecular weight excluding hydrogens is 206 g/mol. The van der Waals surface area contributed by atoms with E-state index in [4.69, 9.17) is 0 Å². The molecule has 0 aliphatic carbocycles. The van der Waals surface area contributed by atoms with Gasteiger partial charge in [0.25, 0.3) is 0 Å². The second-order valence-corrected chi connectivity index (χ2v) is 3.13. The lowest BCUT2D eigenvalue weighted by Crippen LogP contribution is -1.87. The third kappa shape index (κ3) is 0.939. The Balaban J connectivity index is 2.94. The standard InChI is InChI=1S/C7H6BrN3/c1-5-6-3-2-4-7(8)11(6)10-9-5/h2-4H,1H3. The van der Waals surface area contributed by atoms with Gasteiger partial charge in [-0.2, -0.15) is 0 Å². The molecule has 0 aliphatic heterocycles. The predicted molar refractivity (Wildman–Crippen MR) is 45.4 cm³/mol. The minimum atomic E-state index is 0.926. The lowest BCUT2D eigenvalue weighted by molar-refractivity contribution is 0.834. The quantitative estimate of drug-likeness (QED) is 0.623. The van der Waals surface area contributed by atoms with Crippen molar-refractivity contribution in [1.29, 1.82) is 0 Å². The highest BCUT2D eigenvalue weighted by molar-refractivity contribution is 9.10. The van der Waals surface area contributed by atoms with Gasteiger partial charge in [-0.05, 0) is 35.0 Å². The van der Waals surface area contributed by atoms with Gasteiger partial charge in [0.2, 0.25) is 0 Å². The van der Waals surface area contributed by atoms with Crippen LogP contribution in [0, 0.1) is 6.92 Å². The fourth-order valence-electron chi connectivity index (χ4n) is 1.00. The molecule has 0 spiro atoms. The summed E-state index contributed by atoms with van der Waals surface area (Å²) >= 11 is 3.37. The first-order chi connectivity index (χ1) is 5.29. The minimum Gasteiger partial charge on any atom is -0.206 e. The highest BCUT2D eigenvalue weighted by atomic mass is 79.9. The second-order valence-electron chi connectivity index (χ2n) is 2.32. The highest BCUT2D eigenvalue weighted by Gasteiger charge is 2.01. The number of hydrogen-bond acceptors (Lipinski definition) is 2. The van der Waals surface area contributed by atoms with Crippen molar-refractivity contribution in [2.45, 2.75) is 6.92 Å². The molecular formula is C7H6BrN3. The summed E-state index contributed by atoms with van der Waals surface area (Å²) in [7, 11) is 0. The summed E-state index contributed by atoms with van der Waals surface area (Å²) in [6.07, 6.45) is 0. The Labute approximate surface area is 72.2 Å². The Bertz CT molecular complexity index is 393. The van der Waals surface area contributed by atoms with Crippen LogP contribution in [0.3, 0.4) is 0 Å². The van der Waals surface area contributed by atoms with Crippen LogP contribution < -0.4 is 0 Å². The van der Waals surface area contributed by atoms with E-state index in [2.05, 4.69) is 26.2 Å². The molecule has 2 aromatic heterocycles. The van der Waals surface area contributed by atoms with Crippen LogP contribution in [0.25, 0.3) is 5.52 Å². The monoisotopic (exact) mass is 211 g/mol. The highest BCUT2D eigenvalue weighted by Crippen LogP contribution is 2.13. The number of rotatable bonds is 0. The van der Waals surface area contributed by atoms with Gasteiger partial charge in [-0.25, -0.2) is 4.52 Å². The summed E-state index contributed by atoms with van der Waals surface area (Å²) < 4.78 is 2.69. The van der Waals surface area contributed by atoms with Gasteiger partial charge >= 0.3 is 0 Å². The molecule has 4 heteroatoms. The van der Waals surface area contributed by atoms with Crippen LogP contribution in [-0.4, -0.2) is 14.8 Å². The Morgan fingerprint density at radius 1 is 1.45 bits per heavy atom. The smallest absolute Gasteiger partial charge is 0.110 e. The van der Waals surface area contributed by atoms with Crippen LogP contribution in [0.15, 0.2) is 22.8 Å². The van der Waals surface area contributed by atoms with Crippen LogP contribution in [0.5, 0.6) is 0 Å². The summed E-state index contributed by atoms with van der Waals surface area (Å²) in [5, 5.41) is 7.88. The van der Waals surface area contributed by atoms with Crippen molar-refractivity contribution in [3.05, 3.63) is 28.5 Å². The number of halogens is 1. The van der Waals surface area contributed by atoms with Crippen LogP contribution in [0.1, 0.15) is 5.69 Å². The lowest BCUT2D eigenvalue weighted by Gasteiger charge is -1.93. The fraction of sp³-hybridized carbons (Fsp3) is 0.143. The Kier molecular flexibility index (Phi) is 1.42. The maximum absolute atomic E-state index is 3.94. The van der Waals surface area contributed by atoms with Crippen LogP contribution in [0.2, 0.25) is 0 Å². The number of aromatic nitrogens is 3. The zero-order valence-electron chi connectivity index (χ0n) is 5.95. The fourth-order valence-corrected chi connectivity index (χ4v) is 1.42. The number of aryl methyl sites for hydroxylation is 1. The summed E-state index contributed by atoms with van der Waals surface area (Å²) in [6, 6.07) is 5.89. The molecule has 0 aliphatic rings. The van der Waals surface area contributed by atoms with E-state index in [1.165, 1.54) is 0 Å². The molecule has 2 rings (SSSR count). The van der Waals surface area contributed by atoms with Crippen molar-refractivity contribution >= 4 is 21.4 Å². The van der Waals surface area contributed by atoms with Crippen LogP contribution >= 0.6 is 15.9 Å². The normalized spacial score (nSPS) is 10.7. The van der Waals surface area contributed by atoms with E-state index in [1.807, 2.05) is 25.1 Å². The van der Waals surface area contributed by atoms with Gasteiger partial charge < -0.3 is 0 Å². The third-order valence-electron chi connectivity index (χ3n) is 1.57. The van der Waals surface area contributed by atoms with Crippen molar-refractivity contribution < 1.29 is 0 Å². The molecule has 56 valence electrons. The van der Waals surface area contributed by atoms with Gasteiger partial charge in [-0.15, -0.1) is 5.10 Å². The number of fused-ring (bicyclic) bond motifs is 1. The summed E-state index contributed by atoms with van der Waals surface area (Å²) in [5.41, 5.74) is 1.99. The van der Waals surface area contributed by atoms with E-state index in [0.717, 1.165) is 15.8 Å². The molecule has 0 fully saturated rings. The van der Waals surface area contributed by atoms with Gasteiger partial charge in [0.15, 0.2) is 0 Å². The topological polar surface area (TPSA) is 30.2 Å². The van der Waals surface area contributed by atoms with Gasteiger partial charge in [0.1, 0.15) is 4.60 Å². The molecule has 0 unspecified atom stereocenters. The van der Waals surface area contributed by atoms with E-state index >= 15 is 0 Å². The van der Waals surface area contributed by atoms with Crippen molar-refractivity contribution in [2.24, 2.45) is 0 Å². The number of hydrogen-bond donors (Lipinski definition) is 0. The Morgan fingerprint density at radius 2 is 2.27 bits per heavy atom. The molecule has 0 aromatic carbocycles. The van der Waals surface area contributed by atoms with Gasteiger partial charge in [-0.1, -0.05) is 11.3 Å². The largest absolute Gasteiger partial charge is 0.206 e. The molecule has 0 saturated carbocycles. The van der Waals surface area contributed by atoms with Gasteiger partial charge in [-0.3, -0.25) is 0 Å². The second kappa shape index (κ2) is 2.30. The summed E-state index contributed by atoms with van der Waals surface area (Å²) in [5.74, 6) is 0. The number of pyridine rings is 1. The van der Waals surface area contributed by atoms with E-state index in [-0.39, 0.29) is 0 Å². The van der Waals surface area contributed by atoms with E-state index in [0.29, 0.717) is 0 Å². The SMILES string of the molecule is Cc1nnn2c(Br)cccc12. The average molecular weight is 212 g/mol. The van der Waals surface area contributed by atoms with Crippen molar-refractivity contribution in [2.75, 3.05) is 0 Å². The molecule has 11 heavy (non-hydrogen) atoms. The maximum atomic E-state index is 3.94. The van der Waals surface area contributed by atoms with Gasteiger partial charge in [0.05, 0.1) is 11.2 Å². The van der Waals surface area contributed by atoms with Crippen molar-refractivity contribution in [3.8, 4) is 0 Å². The van der Waals surface area contributed by atoms with E-state index in [1.54, 1.807) is 4.52 Å². The zero-order valence-corrected chi connectivity index (χ0v) is 7.54. The minimum absolute atomic E-state index is 0.926. The van der Waals surface area contributed by atoms with Crippen molar-refractivity contribution in [1.82, 2.24) is 14.8 Å². The molecule has 0 radical (unpaired) electrons. The lowest BCUT2D eigenvalue weighted by atomic mass is 10.3. The molecule has 3 nitrogen and oxygen atoms in total. The molecule has 0 amide bonds. The van der Waals surface area contributed by atoms with Crippen LogP contribution in [-0.2, 0) is 0 Å². The summed E-state index contributed by atoms with van der Waals surface area (Å²) in [6.45, 7) is 1.94. The van der Waals surface area contributed by atoms with Crippen molar-refractivity contribution in [3.63, 3.8) is 0 Å².